The number of carbonyl (C=O) groups excluding carboxylic acids is 1. The maximum absolute atomic E-state index is 10.8. The van der Waals surface area contributed by atoms with Gasteiger partial charge in [0.05, 0.1) is 22.9 Å². The third kappa shape index (κ3) is 4.11. The molecule has 3 aromatic heterocycles. The van der Waals surface area contributed by atoms with E-state index in [0.717, 1.165) is 42.6 Å². The van der Waals surface area contributed by atoms with Crippen LogP contribution < -0.4 is 5.73 Å². The van der Waals surface area contributed by atoms with E-state index in [4.69, 9.17) is 10.2 Å². The number of hydrogen-bond acceptors (Lipinski definition) is 5. The summed E-state index contributed by atoms with van der Waals surface area (Å²) in [6, 6.07) is 3.63. The monoisotopic (exact) mass is 349 g/mol. The number of amides is 1. The molecule has 0 spiro atoms. The third-order valence-corrected chi connectivity index (χ3v) is 3.91. The number of H-pyrrole nitrogens is 1. The molecular formula is C19H19N5O2. The van der Waals surface area contributed by atoms with Crippen LogP contribution in [-0.4, -0.2) is 38.8 Å². The lowest BCUT2D eigenvalue weighted by molar-refractivity contribution is -0.124. The molecule has 0 aromatic carbocycles. The van der Waals surface area contributed by atoms with Crippen LogP contribution in [0.4, 0.5) is 5.82 Å². The van der Waals surface area contributed by atoms with E-state index < -0.39 is 0 Å². The molecular weight excluding hydrogens is 330 g/mol. The number of fused-ring (bicyclic) bond motifs is 1. The minimum atomic E-state index is 0.0764. The number of nitrogens with zero attached hydrogens (tertiary/aromatic N) is 3. The molecule has 1 aliphatic heterocycles. The molecule has 0 atom stereocenters. The summed E-state index contributed by atoms with van der Waals surface area (Å²) in [5.74, 6) is 6.46. The second-order valence-corrected chi connectivity index (χ2v) is 5.70. The molecule has 26 heavy (non-hydrogen) atoms. The van der Waals surface area contributed by atoms with Gasteiger partial charge in [-0.2, -0.15) is 0 Å². The van der Waals surface area contributed by atoms with E-state index in [0.29, 0.717) is 11.5 Å². The lowest BCUT2D eigenvalue weighted by Gasteiger charge is -2.10. The number of hydrogen-bond donors (Lipinski definition) is 2. The van der Waals surface area contributed by atoms with E-state index in [9.17, 15) is 4.79 Å². The van der Waals surface area contributed by atoms with Crippen molar-refractivity contribution in [1.29, 1.82) is 0 Å². The zero-order valence-corrected chi connectivity index (χ0v) is 14.2. The summed E-state index contributed by atoms with van der Waals surface area (Å²) in [7, 11) is 0. The van der Waals surface area contributed by atoms with Crippen LogP contribution in [0.3, 0.4) is 0 Å². The van der Waals surface area contributed by atoms with E-state index in [1.54, 1.807) is 18.6 Å². The molecule has 0 radical (unpaired) electrons. The highest BCUT2D eigenvalue weighted by Crippen LogP contribution is 2.16. The SMILES string of the molecule is C=CC(=O)N1CCCC1.Nc1ncnc2[nH]c(C#Cc3ccoc3)cc12. The number of nitrogens with two attached hydrogens (primary N) is 1. The Morgan fingerprint density at radius 1 is 1.35 bits per heavy atom. The Bertz CT molecular complexity index is 957. The van der Waals surface area contributed by atoms with Gasteiger partial charge in [0.25, 0.3) is 0 Å². The predicted molar refractivity (Wildman–Crippen MR) is 99.0 cm³/mol. The number of furan rings is 1. The predicted octanol–water partition coefficient (Wildman–Crippen LogP) is 2.33. The Morgan fingerprint density at radius 3 is 2.81 bits per heavy atom. The van der Waals surface area contributed by atoms with Gasteiger partial charge in [0.1, 0.15) is 24.1 Å². The molecule has 0 unspecified atom stereocenters. The molecule has 1 aliphatic rings. The first-order valence-corrected chi connectivity index (χ1v) is 8.22. The molecule has 1 fully saturated rings. The van der Waals surface area contributed by atoms with Crippen LogP contribution in [0.25, 0.3) is 11.0 Å². The summed E-state index contributed by atoms with van der Waals surface area (Å²) >= 11 is 0. The van der Waals surface area contributed by atoms with E-state index in [1.165, 1.54) is 12.4 Å². The molecule has 7 heteroatoms. The molecule has 3 aromatic rings. The number of nitrogens with one attached hydrogen (secondary N) is 1. The lowest BCUT2D eigenvalue weighted by Crippen LogP contribution is -2.25. The van der Waals surface area contributed by atoms with Crippen LogP contribution in [0.2, 0.25) is 0 Å². The molecule has 1 saturated heterocycles. The van der Waals surface area contributed by atoms with Gasteiger partial charge in [0, 0.05) is 13.1 Å². The second kappa shape index (κ2) is 8.03. The van der Waals surface area contributed by atoms with E-state index in [1.807, 2.05) is 11.0 Å². The fourth-order valence-corrected chi connectivity index (χ4v) is 2.57. The Morgan fingerprint density at radius 2 is 2.15 bits per heavy atom. The minimum absolute atomic E-state index is 0.0764. The average molecular weight is 349 g/mol. The van der Waals surface area contributed by atoms with Gasteiger partial charge in [-0.1, -0.05) is 12.5 Å². The Kier molecular flexibility index (Phi) is 5.34. The molecule has 3 N–H and O–H groups in total. The zero-order valence-electron chi connectivity index (χ0n) is 14.2. The van der Waals surface area contributed by atoms with Crippen molar-refractivity contribution in [2.24, 2.45) is 0 Å². The van der Waals surface area contributed by atoms with Crippen molar-refractivity contribution in [1.82, 2.24) is 19.9 Å². The number of nitrogen functional groups attached to an aromatic ring is 1. The summed E-state index contributed by atoms with van der Waals surface area (Å²) in [6.07, 6.45) is 8.27. The second-order valence-electron chi connectivity index (χ2n) is 5.70. The fraction of sp³-hybridized carbons (Fsp3) is 0.211. The number of aromatic amines is 1. The molecule has 0 bridgehead atoms. The fourth-order valence-electron chi connectivity index (χ4n) is 2.57. The molecule has 0 aliphatic carbocycles. The van der Waals surface area contributed by atoms with Crippen molar-refractivity contribution in [3.8, 4) is 11.8 Å². The van der Waals surface area contributed by atoms with Gasteiger partial charge in [0.15, 0.2) is 0 Å². The summed E-state index contributed by atoms with van der Waals surface area (Å²) in [5.41, 5.74) is 7.98. The smallest absolute Gasteiger partial charge is 0.245 e. The van der Waals surface area contributed by atoms with Gasteiger partial charge in [-0.3, -0.25) is 4.79 Å². The lowest BCUT2D eigenvalue weighted by atomic mass is 10.3. The van der Waals surface area contributed by atoms with Gasteiger partial charge in [-0.25, -0.2) is 9.97 Å². The Hall–Kier alpha value is -3.53. The first-order valence-electron chi connectivity index (χ1n) is 8.22. The average Bonchev–Trinajstić information content (AvgIpc) is 3.41. The van der Waals surface area contributed by atoms with Crippen LogP contribution in [0, 0.1) is 11.8 Å². The van der Waals surface area contributed by atoms with Gasteiger partial charge in [-0.05, 0) is 37.0 Å². The van der Waals surface area contributed by atoms with Crippen LogP contribution in [0.1, 0.15) is 24.1 Å². The van der Waals surface area contributed by atoms with Gasteiger partial charge >= 0.3 is 0 Å². The van der Waals surface area contributed by atoms with E-state index in [-0.39, 0.29) is 5.91 Å². The van der Waals surface area contributed by atoms with Crippen molar-refractivity contribution < 1.29 is 9.21 Å². The first-order chi connectivity index (χ1) is 12.7. The van der Waals surface area contributed by atoms with E-state index >= 15 is 0 Å². The molecule has 0 saturated carbocycles. The Labute approximate surface area is 150 Å². The largest absolute Gasteiger partial charge is 0.471 e. The summed E-state index contributed by atoms with van der Waals surface area (Å²) in [4.78, 5) is 23.7. The van der Waals surface area contributed by atoms with Crippen molar-refractivity contribution in [2.75, 3.05) is 18.8 Å². The summed E-state index contributed by atoms with van der Waals surface area (Å²) in [6.45, 7) is 5.26. The van der Waals surface area contributed by atoms with Gasteiger partial charge < -0.3 is 20.0 Å². The normalized spacial score (nSPS) is 12.8. The van der Waals surface area contributed by atoms with Crippen molar-refractivity contribution in [2.45, 2.75) is 12.8 Å². The highest BCUT2D eigenvalue weighted by Gasteiger charge is 2.14. The van der Waals surface area contributed by atoms with Crippen molar-refractivity contribution >= 4 is 22.8 Å². The van der Waals surface area contributed by atoms with Gasteiger partial charge in [-0.15, -0.1) is 0 Å². The quantitative estimate of drug-likeness (QED) is 0.519. The van der Waals surface area contributed by atoms with Crippen LogP contribution in [-0.2, 0) is 4.79 Å². The van der Waals surface area contributed by atoms with Crippen LogP contribution in [0.5, 0.6) is 0 Å². The standard InChI is InChI=1S/C12H8N4O.C7H11NO/c13-11-10-5-9(16-12(10)15-7-14-11)2-1-8-3-4-17-6-8;1-2-7(9)8-5-3-4-6-8/h3-7H,(H3,13,14,15,16);2H,1,3-6H2. The molecule has 1 amide bonds. The zero-order chi connectivity index (χ0) is 18.4. The number of rotatable bonds is 1. The summed E-state index contributed by atoms with van der Waals surface area (Å²) < 4.78 is 4.93. The third-order valence-electron chi connectivity index (χ3n) is 3.91. The van der Waals surface area contributed by atoms with Gasteiger partial charge in [0.2, 0.25) is 5.91 Å². The topological polar surface area (TPSA) is 101 Å². The molecule has 132 valence electrons. The van der Waals surface area contributed by atoms with Crippen molar-refractivity contribution in [3.05, 3.63) is 54.9 Å². The molecule has 4 heterocycles. The first kappa shape index (κ1) is 17.3. The van der Waals surface area contributed by atoms with Crippen LogP contribution >= 0.6 is 0 Å². The maximum Gasteiger partial charge on any atom is 0.245 e. The number of anilines is 1. The Balaban J connectivity index is 0.000000185. The maximum atomic E-state index is 10.8. The highest BCUT2D eigenvalue weighted by atomic mass is 16.3. The van der Waals surface area contributed by atoms with Crippen molar-refractivity contribution in [3.63, 3.8) is 0 Å². The van der Waals surface area contributed by atoms with Crippen LogP contribution in [0.15, 0.2) is 48.1 Å². The summed E-state index contributed by atoms with van der Waals surface area (Å²) in [5, 5.41) is 0.781. The number of carbonyl (C=O) groups is 1. The number of likely N-dealkylation sites (tertiary alicyclic amines) is 1. The number of aromatic nitrogens is 3. The minimum Gasteiger partial charge on any atom is -0.471 e. The molecule has 7 nitrogen and oxygen atoms in total. The molecule has 4 rings (SSSR count). The highest BCUT2D eigenvalue weighted by molar-refractivity contribution is 5.87. The van der Waals surface area contributed by atoms with E-state index in [2.05, 4.69) is 33.4 Å².